The molecule has 1 fully saturated rings. The van der Waals surface area contributed by atoms with Gasteiger partial charge in [-0.3, -0.25) is 4.90 Å². The van der Waals surface area contributed by atoms with Crippen molar-refractivity contribution in [2.45, 2.75) is 58.7 Å². The largest absolute Gasteiger partial charge is 0.443 e. The Morgan fingerprint density at radius 3 is 2.87 bits per heavy atom. The maximum atomic E-state index is 5.87. The molecule has 0 aliphatic carbocycles. The number of oxazole rings is 1. The van der Waals surface area contributed by atoms with E-state index in [0.29, 0.717) is 12.4 Å². The van der Waals surface area contributed by atoms with Crippen LogP contribution < -0.4 is 10.6 Å². The number of ether oxygens (including phenoxy) is 1. The van der Waals surface area contributed by atoms with Crippen LogP contribution in [0.25, 0.3) is 0 Å². The molecule has 2 unspecified atom stereocenters. The van der Waals surface area contributed by atoms with Gasteiger partial charge < -0.3 is 19.8 Å². The Kier molecular flexibility index (Phi) is 7.91. The van der Waals surface area contributed by atoms with Gasteiger partial charge in [-0.15, -0.1) is 11.3 Å². The van der Waals surface area contributed by atoms with Gasteiger partial charge in [0.15, 0.2) is 5.96 Å². The first-order chi connectivity index (χ1) is 14.4. The van der Waals surface area contributed by atoms with E-state index >= 15 is 0 Å². The molecule has 1 saturated heterocycles. The lowest BCUT2D eigenvalue weighted by Gasteiger charge is -2.37. The van der Waals surface area contributed by atoms with E-state index in [1.165, 1.54) is 4.88 Å². The molecule has 3 rings (SSSR count). The number of nitrogens with one attached hydrogen (secondary N) is 2. The third-order valence-electron chi connectivity index (χ3n) is 5.06. The van der Waals surface area contributed by atoms with E-state index in [-0.39, 0.29) is 17.6 Å². The summed E-state index contributed by atoms with van der Waals surface area (Å²) in [4.78, 5) is 12.9. The molecule has 2 atom stereocenters. The quantitative estimate of drug-likeness (QED) is 0.514. The van der Waals surface area contributed by atoms with Crippen molar-refractivity contribution < 1.29 is 9.15 Å². The Balaban J connectivity index is 1.66. The van der Waals surface area contributed by atoms with E-state index in [2.05, 4.69) is 72.6 Å². The highest BCUT2D eigenvalue weighted by Gasteiger charge is 2.26. The molecule has 2 aromatic heterocycles. The monoisotopic (exact) mass is 433 g/mol. The highest BCUT2D eigenvalue weighted by atomic mass is 32.1. The highest BCUT2D eigenvalue weighted by molar-refractivity contribution is 7.10. The molecule has 0 bridgehead atoms. The smallest absolute Gasteiger partial charge is 0.216 e. The van der Waals surface area contributed by atoms with Crippen molar-refractivity contribution in [1.82, 2.24) is 20.5 Å². The standard InChI is InChI=1S/C22H35N5O2S/c1-6-23-21(26-14-20-24-13-19(29-20)22(3,4)5)25-12-17(18-8-7-11-30-18)27-9-10-28-16(2)15-27/h7-8,11,13,16-17H,6,9-10,12,14-15H2,1-5H3,(H2,23,25,26). The van der Waals surface area contributed by atoms with Crippen molar-refractivity contribution in [3.63, 3.8) is 0 Å². The Hall–Kier alpha value is -1.90. The summed E-state index contributed by atoms with van der Waals surface area (Å²) in [5, 5.41) is 8.99. The van der Waals surface area contributed by atoms with Crippen LogP contribution in [0.2, 0.25) is 0 Å². The number of hydrogen-bond donors (Lipinski definition) is 2. The highest BCUT2D eigenvalue weighted by Crippen LogP contribution is 2.26. The zero-order valence-corrected chi connectivity index (χ0v) is 19.6. The second kappa shape index (κ2) is 10.4. The molecule has 0 amide bonds. The van der Waals surface area contributed by atoms with Crippen molar-refractivity contribution in [2.75, 3.05) is 32.8 Å². The second-order valence-electron chi connectivity index (χ2n) is 8.65. The number of morpholine rings is 1. The first kappa shape index (κ1) is 22.8. The maximum Gasteiger partial charge on any atom is 0.216 e. The van der Waals surface area contributed by atoms with Gasteiger partial charge >= 0.3 is 0 Å². The number of nitrogens with zero attached hydrogens (tertiary/aromatic N) is 3. The van der Waals surface area contributed by atoms with Crippen molar-refractivity contribution in [2.24, 2.45) is 4.99 Å². The van der Waals surface area contributed by atoms with Crippen molar-refractivity contribution in [3.05, 3.63) is 40.2 Å². The molecule has 166 valence electrons. The molecule has 0 spiro atoms. The Morgan fingerprint density at radius 2 is 2.23 bits per heavy atom. The van der Waals surface area contributed by atoms with E-state index in [0.717, 1.165) is 44.5 Å². The fraction of sp³-hybridized carbons (Fsp3) is 0.636. The minimum absolute atomic E-state index is 0.0546. The van der Waals surface area contributed by atoms with Crippen LogP contribution in [-0.4, -0.2) is 54.7 Å². The first-order valence-electron chi connectivity index (χ1n) is 10.7. The van der Waals surface area contributed by atoms with Crippen LogP contribution in [-0.2, 0) is 16.7 Å². The molecule has 1 aliphatic heterocycles. The Labute approximate surface area is 183 Å². The summed E-state index contributed by atoms with van der Waals surface area (Å²) in [6, 6.07) is 4.61. The van der Waals surface area contributed by atoms with Gasteiger partial charge in [-0.1, -0.05) is 26.8 Å². The van der Waals surface area contributed by atoms with Crippen molar-refractivity contribution in [3.8, 4) is 0 Å². The fourth-order valence-corrected chi connectivity index (χ4v) is 4.29. The molecular formula is C22H35N5O2S. The lowest BCUT2D eigenvalue weighted by molar-refractivity contribution is -0.0334. The lowest BCUT2D eigenvalue weighted by Crippen LogP contribution is -2.48. The van der Waals surface area contributed by atoms with Crippen LogP contribution in [0.15, 0.2) is 33.1 Å². The predicted octanol–water partition coefficient (Wildman–Crippen LogP) is 3.55. The summed E-state index contributed by atoms with van der Waals surface area (Å²) in [5.41, 5.74) is -0.0546. The first-order valence-corrected chi connectivity index (χ1v) is 11.6. The third-order valence-corrected chi connectivity index (χ3v) is 6.03. The summed E-state index contributed by atoms with van der Waals surface area (Å²) in [6.45, 7) is 15.2. The van der Waals surface area contributed by atoms with Crippen LogP contribution in [0.4, 0.5) is 0 Å². The van der Waals surface area contributed by atoms with Gasteiger partial charge in [0.2, 0.25) is 5.89 Å². The normalized spacial score (nSPS) is 19.6. The summed E-state index contributed by atoms with van der Waals surface area (Å²) >= 11 is 1.80. The van der Waals surface area contributed by atoms with Gasteiger partial charge in [-0.25, -0.2) is 9.98 Å². The zero-order valence-electron chi connectivity index (χ0n) is 18.8. The van der Waals surface area contributed by atoms with Gasteiger partial charge in [0.25, 0.3) is 0 Å². The van der Waals surface area contributed by atoms with Gasteiger partial charge in [-0.2, -0.15) is 0 Å². The zero-order chi connectivity index (χ0) is 21.6. The molecule has 30 heavy (non-hydrogen) atoms. The predicted molar refractivity (Wildman–Crippen MR) is 122 cm³/mol. The second-order valence-corrected chi connectivity index (χ2v) is 9.63. The Morgan fingerprint density at radius 1 is 1.40 bits per heavy atom. The molecule has 8 heteroatoms. The van der Waals surface area contributed by atoms with E-state index in [9.17, 15) is 0 Å². The molecular weight excluding hydrogens is 398 g/mol. The average Bonchev–Trinajstić information content (AvgIpc) is 3.38. The topological polar surface area (TPSA) is 74.9 Å². The molecule has 3 heterocycles. The lowest BCUT2D eigenvalue weighted by atomic mass is 9.94. The fourth-order valence-electron chi connectivity index (χ4n) is 3.43. The van der Waals surface area contributed by atoms with E-state index < -0.39 is 0 Å². The summed E-state index contributed by atoms with van der Waals surface area (Å²) in [7, 11) is 0. The van der Waals surface area contributed by atoms with Gasteiger partial charge in [0.1, 0.15) is 12.3 Å². The van der Waals surface area contributed by atoms with Crippen LogP contribution in [0.1, 0.15) is 57.2 Å². The number of thiophene rings is 1. The van der Waals surface area contributed by atoms with Crippen molar-refractivity contribution >= 4 is 17.3 Å². The molecule has 7 nitrogen and oxygen atoms in total. The third kappa shape index (κ3) is 6.30. The minimum Gasteiger partial charge on any atom is -0.443 e. The SMILES string of the molecule is CCNC(=NCc1ncc(C(C)(C)C)o1)NCC(c1cccs1)N1CCOC(C)C1. The van der Waals surface area contributed by atoms with E-state index in [4.69, 9.17) is 14.1 Å². The number of hydrogen-bond acceptors (Lipinski definition) is 6. The van der Waals surface area contributed by atoms with E-state index in [1.807, 2.05) is 0 Å². The summed E-state index contributed by atoms with van der Waals surface area (Å²) in [6.07, 6.45) is 2.06. The van der Waals surface area contributed by atoms with Crippen LogP contribution in [0, 0.1) is 0 Å². The van der Waals surface area contributed by atoms with Gasteiger partial charge in [0, 0.05) is 36.5 Å². The number of aliphatic imine (C=N–C) groups is 1. The van der Waals surface area contributed by atoms with Crippen molar-refractivity contribution in [1.29, 1.82) is 0 Å². The maximum absolute atomic E-state index is 5.87. The average molecular weight is 434 g/mol. The van der Waals surface area contributed by atoms with E-state index in [1.54, 1.807) is 17.5 Å². The Bertz CT molecular complexity index is 797. The molecule has 0 aromatic carbocycles. The molecule has 1 aliphatic rings. The van der Waals surface area contributed by atoms with Gasteiger partial charge in [0.05, 0.1) is 24.9 Å². The minimum atomic E-state index is -0.0546. The number of rotatable bonds is 7. The van der Waals surface area contributed by atoms with Gasteiger partial charge in [-0.05, 0) is 25.3 Å². The molecule has 2 N–H and O–H groups in total. The number of aromatic nitrogens is 1. The molecule has 0 saturated carbocycles. The molecule has 0 radical (unpaired) electrons. The summed E-state index contributed by atoms with van der Waals surface area (Å²) in [5.74, 6) is 2.29. The molecule has 2 aromatic rings. The van der Waals surface area contributed by atoms with Crippen LogP contribution >= 0.6 is 11.3 Å². The van der Waals surface area contributed by atoms with Crippen LogP contribution in [0.3, 0.4) is 0 Å². The summed E-state index contributed by atoms with van der Waals surface area (Å²) < 4.78 is 11.6. The number of guanidine groups is 1. The van der Waals surface area contributed by atoms with Crippen LogP contribution in [0.5, 0.6) is 0 Å².